The molecule has 0 aromatic heterocycles. The molecule has 0 aliphatic carbocycles. The standard InChI is InChI=1S/C14H19ClF3N3O2S.ClH/c1-10-8-11(15)2-3-12(10)24(22,23)20-9-13(14(16,17)18)21-6-4-19-5-7-21;/h2-3,8,13,19-20H,4-7,9H2,1H3;1H. The van der Waals surface area contributed by atoms with Crippen molar-refractivity contribution in [2.45, 2.75) is 24.0 Å². The summed E-state index contributed by atoms with van der Waals surface area (Å²) in [4.78, 5) is 1.17. The van der Waals surface area contributed by atoms with E-state index in [0.29, 0.717) is 23.7 Å². The van der Waals surface area contributed by atoms with Crippen molar-refractivity contribution < 1.29 is 21.6 Å². The summed E-state index contributed by atoms with van der Waals surface area (Å²) in [6.45, 7) is 2.12. The van der Waals surface area contributed by atoms with Crippen LogP contribution in [-0.4, -0.2) is 58.3 Å². The predicted octanol–water partition coefficient (Wildman–Crippen LogP) is 2.18. The number of sulfonamides is 1. The van der Waals surface area contributed by atoms with Gasteiger partial charge in [-0.1, -0.05) is 11.6 Å². The van der Waals surface area contributed by atoms with Gasteiger partial charge in [-0.05, 0) is 30.7 Å². The van der Waals surface area contributed by atoms with Gasteiger partial charge in [0.1, 0.15) is 6.04 Å². The lowest BCUT2D eigenvalue weighted by molar-refractivity contribution is -0.182. The van der Waals surface area contributed by atoms with E-state index in [2.05, 4.69) is 10.0 Å². The Balaban J connectivity index is 0.00000312. The van der Waals surface area contributed by atoms with E-state index in [1.807, 2.05) is 0 Å². The average molecular weight is 422 g/mol. The van der Waals surface area contributed by atoms with Crippen LogP contribution >= 0.6 is 24.0 Å². The van der Waals surface area contributed by atoms with Gasteiger partial charge in [0.05, 0.1) is 4.90 Å². The minimum absolute atomic E-state index is 0. The van der Waals surface area contributed by atoms with E-state index in [4.69, 9.17) is 11.6 Å². The first kappa shape index (κ1) is 22.5. The fourth-order valence-electron chi connectivity index (χ4n) is 2.63. The molecule has 0 radical (unpaired) electrons. The predicted molar refractivity (Wildman–Crippen MR) is 92.9 cm³/mol. The molecule has 1 aliphatic heterocycles. The van der Waals surface area contributed by atoms with Crippen LogP contribution in [0.3, 0.4) is 0 Å². The van der Waals surface area contributed by atoms with Gasteiger partial charge >= 0.3 is 6.18 Å². The summed E-state index contributed by atoms with van der Waals surface area (Å²) >= 11 is 5.78. The summed E-state index contributed by atoms with van der Waals surface area (Å²) < 4.78 is 66.6. The topological polar surface area (TPSA) is 61.4 Å². The zero-order valence-corrected chi connectivity index (χ0v) is 15.8. The Kier molecular flexibility index (Phi) is 7.97. The van der Waals surface area contributed by atoms with Crippen LogP contribution in [0.2, 0.25) is 5.02 Å². The lowest BCUT2D eigenvalue weighted by Gasteiger charge is -2.35. The molecule has 0 saturated carbocycles. The molecular weight excluding hydrogens is 402 g/mol. The SMILES string of the molecule is Cc1cc(Cl)ccc1S(=O)(=O)NCC(N1CCNCC1)C(F)(F)F.Cl. The van der Waals surface area contributed by atoms with E-state index in [-0.39, 0.29) is 30.4 Å². The van der Waals surface area contributed by atoms with Crippen LogP contribution in [0.1, 0.15) is 5.56 Å². The fraction of sp³-hybridized carbons (Fsp3) is 0.571. The Labute approximate surface area is 156 Å². The van der Waals surface area contributed by atoms with Gasteiger partial charge in [0, 0.05) is 37.7 Å². The van der Waals surface area contributed by atoms with Gasteiger partial charge < -0.3 is 5.32 Å². The molecule has 1 unspecified atom stereocenters. The van der Waals surface area contributed by atoms with Crippen LogP contribution < -0.4 is 10.0 Å². The zero-order valence-electron chi connectivity index (χ0n) is 13.4. The molecule has 1 fully saturated rings. The van der Waals surface area contributed by atoms with Crippen LogP contribution in [0.15, 0.2) is 23.1 Å². The molecular formula is C14H20Cl2F3N3O2S. The van der Waals surface area contributed by atoms with Crippen LogP contribution in [0, 0.1) is 6.92 Å². The monoisotopic (exact) mass is 421 g/mol. The second kappa shape index (κ2) is 8.88. The number of rotatable bonds is 5. The summed E-state index contributed by atoms with van der Waals surface area (Å²) in [7, 11) is -4.05. The van der Waals surface area contributed by atoms with Gasteiger partial charge in [-0.3, -0.25) is 4.90 Å². The molecule has 0 bridgehead atoms. The van der Waals surface area contributed by atoms with E-state index >= 15 is 0 Å². The van der Waals surface area contributed by atoms with Gasteiger partial charge in [-0.2, -0.15) is 13.2 Å². The van der Waals surface area contributed by atoms with Gasteiger partial charge in [0.25, 0.3) is 0 Å². The first-order valence-corrected chi connectivity index (χ1v) is 9.24. The fourth-order valence-corrected chi connectivity index (χ4v) is 4.12. The first-order valence-electron chi connectivity index (χ1n) is 7.38. The molecule has 1 aromatic carbocycles. The third-order valence-electron chi connectivity index (χ3n) is 3.86. The average Bonchev–Trinajstić information content (AvgIpc) is 2.46. The molecule has 1 heterocycles. The van der Waals surface area contributed by atoms with Crippen LogP contribution in [0.5, 0.6) is 0 Å². The number of halogens is 5. The largest absolute Gasteiger partial charge is 0.405 e. The summed E-state index contributed by atoms with van der Waals surface area (Å²) in [5.41, 5.74) is 0.376. The highest BCUT2D eigenvalue weighted by Crippen LogP contribution is 2.26. The Hall–Kier alpha value is -0.580. The van der Waals surface area contributed by atoms with Crippen molar-refractivity contribution in [3.8, 4) is 0 Å². The molecule has 1 aliphatic rings. The van der Waals surface area contributed by atoms with Crippen molar-refractivity contribution in [2.24, 2.45) is 0 Å². The Bertz CT molecular complexity index is 680. The summed E-state index contributed by atoms with van der Waals surface area (Å²) in [6.07, 6.45) is -4.52. The summed E-state index contributed by atoms with van der Waals surface area (Å²) in [5.74, 6) is 0. The molecule has 1 saturated heterocycles. The smallest absolute Gasteiger partial charge is 0.314 e. The van der Waals surface area contributed by atoms with Gasteiger partial charge in [-0.15, -0.1) is 12.4 Å². The van der Waals surface area contributed by atoms with Crippen LogP contribution in [-0.2, 0) is 10.0 Å². The maximum Gasteiger partial charge on any atom is 0.405 e. The second-order valence-electron chi connectivity index (χ2n) is 5.61. The normalized spacial score (nSPS) is 17.8. The highest BCUT2D eigenvalue weighted by molar-refractivity contribution is 7.89. The third-order valence-corrected chi connectivity index (χ3v) is 5.68. The van der Waals surface area contributed by atoms with Crippen LogP contribution in [0.25, 0.3) is 0 Å². The Morgan fingerprint density at radius 2 is 1.92 bits per heavy atom. The van der Waals surface area contributed by atoms with Crippen molar-refractivity contribution in [3.63, 3.8) is 0 Å². The second-order valence-corrected chi connectivity index (χ2v) is 7.78. The molecule has 144 valence electrons. The lowest BCUT2D eigenvalue weighted by atomic mass is 10.2. The number of aryl methyl sites for hydroxylation is 1. The number of alkyl halides is 3. The molecule has 1 aromatic rings. The molecule has 2 N–H and O–H groups in total. The lowest BCUT2D eigenvalue weighted by Crippen LogP contribution is -2.57. The number of nitrogens with zero attached hydrogens (tertiary/aromatic N) is 1. The molecule has 25 heavy (non-hydrogen) atoms. The maximum atomic E-state index is 13.3. The molecule has 1 atom stereocenters. The van der Waals surface area contributed by atoms with Gasteiger partial charge in [0.15, 0.2) is 0 Å². The van der Waals surface area contributed by atoms with Crippen LogP contribution in [0.4, 0.5) is 13.2 Å². The quantitative estimate of drug-likeness (QED) is 0.764. The van der Waals surface area contributed by atoms with E-state index in [1.54, 1.807) is 0 Å². The highest BCUT2D eigenvalue weighted by atomic mass is 35.5. The Morgan fingerprint density at radius 3 is 2.44 bits per heavy atom. The maximum absolute atomic E-state index is 13.3. The third kappa shape index (κ3) is 5.97. The minimum Gasteiger partial charge on any atom is -0.314 e. The van der Waals surface area contributed by atoms with E-state index < -0.39 is 28.8 Å². The molecule has 2 rings (SSSR count). The number of hydrogen-bond acceptors (Lipinski definition) is 4. The number of piperazine rings is 1. The van der Waals surface area contributed by atoms with Crippen molar-refractivity contribution >= 4 is 34.0 Å². The Morgan fingerprint density at radius 1 is 1.32 bits per heavy atom. The summed E-state index contributed by atoms with van der Waals surface area (Å²) in [6, 6.07) is 2.27. The van der Waals surface area contributed by atoms with Crippen molar-refractivity contribution in [2.75, 3.05) is 32.7 Å². The molecule has 0 amide bonds. The number of hydrogen-bond donors (Lipinski definition) is 2. The van der Waals surface area contributed by atoms with Crippen molar-refractivity contribution in [3.05, 3.63) is 28.8 Å². The van der Waals surface area contributed by atoms with Crippen molar-refractivity contribution in [1.29, 1.82) is 0 Å². The van der Waals surface area contributed by atoms with E-state index in [0.717, 1.165) is 0 Å². The van der Waals surface area contributed by atoms with Gasteiger partial charge in [-0.25, -0.2) is 13.1 Å². The van der Waals surface area contributed by atoms with Gasteiger partial charge in [0.2, 0.25) is 10.0 Å². The number of nitrogens with one attached hydrogen (secondary N) is 2. The molecule has 5 nitrogen and oxygen atoms in total. The number of benzene rings is 1. The van der Waals surface area contributed by atoms with E-state index in [9.17, 15) is 21.6 Å². The molecule has 11 heteroatoms. The van der Waals surface area contributed by atoms with Crippen molar-refractivity contribution in [1.82, 2.24) is 14.9 Å². The molecule has 0 spiro atoms. The summed E-state index contributed by atoms with van der Waals surface area (Å²) in [5, 5.41) is 3.33. The zero-order chi connectivity index (χ0) is 18.0. The minimum atomic E-state index is -4.52. The first-order chi connectivity index (χ1) is 11.1. The highest BCUT2D eigenvalue weighted by Gasteiger charge is 2.44. The van der Waals surface area contributed by atoms with E-state index in [1.165, 1.54) is 30.0 Å².